The molecule has 0 aliphatic heterocycles. The Labute approximate surface area is 184 Å². The molecule has 2 aromatic rings. The lowest BCUT2D eigenvalue weighted by molar-refractivity contribution is 0.294. The number of rotatable bonds is 9. The monoisotopic (exact) mass is 402 g/mol. The zero-order valence-electron chi connectivity index (χ0n) is 19.0. The van der Waals surface area contributed by atoms with Gasteiger partial charge in [0.1, 0.15) is 5.75 Å². The highest BCUT2D eigenvalue weighted by atomic mass is 16.5. The van der Waals surface area contributed by atoms with Crippen LogP contribution < -0.4 is 4.74 Å². The summed E-state index contributed by atoms with van der Waals surface area (Å²) in [6.07, 6.45) is 13.8. The van der Waals surface area contributed by atoms with Gasteiger partial charge in [0.25, 0.3) is 0 Å². The van der Waals surface area contributed by atoms with E-state index in [1.165, 1.54) is 75.3 Å². The van der Waals surface area contributed by atoms with Gasteiger partial charge in [0.15, 0.2) is 0 Å². The van der Waals surface area contributed by atoms with Gasteiger partial charge in [-0.15, -0.1) is 0 Å². The van der Waals surface area contributed by atoms with Crippen molar-refractivity contribution in [3.8, 4) is 28.7 Å². The molecule has 0 heterocycles. The van der Waals surface area contributed by atoms with E-state index in [1.54, 1.807) is 0 Å². The van der Waals surface area contributed by atoms with Gasteiger partial charge in [-0.1, -0.05) is 81.6 Å². The van der Waals surface area contributed by atoms with E-state index in [0.29, 0.717) is 12.5 Å². The molecule has 1 nitrogen and oxygen atoms in total. The van der Waals surface area contributed by atoms with Crippen molar-refractivity contribution in [3.63, 3.8) is 0 Å². The van der Waals surface area contributed by atoms with Gasteiger partial charge in [-0.2, -0.15) is 0 Å². The van der Waals surface area contributed by atoms with Crippen molar-refractivity contribution in [2.45, 2.75) is 78.1 Å². The number of ether oxygens (including phenoxy) is 1. The van der Waals surface area contributed by atoms with Gasteiger partial charge in [-0.05, 0) is 73.9 Å². The van der Waals surface area contributed by atoms with Crippen LogP contribution in [-0.4, -0.2) is 6.61 Å². The molecule has 0 aromatic heterocycles. The van der Waals surface area contributed by atoms with Crippen LogP contribution in [0.2, 0.25) is 0 Å². The second-order valence-electron chi connectivity index (χ2n) is 8.72. The van der Waals surface area contributed by atoms with Gasteiger partial charge >= 0.3 is 0 Å². The lowest BCUT2D eigenvalue weighted by atomic mass is 9.80. The van der Waals surface area contributed by atoms with Crippen LogP contribution >= 0.6 is 0 Å². The molecule has 0 unspecified atom stereocenters. The Hall–Kier alpha value is -2.20. The lowest BCUT2D eigenvalue weighted by Crippen LogP contribution is -2.13. The van der Waals surface area contributed by atoms with Crippen LogP contribution in [0.1, 0.15) is 83.6 Å². The van der Waals surface area contributed by atoms with Crippen LogP contribution in [0, 0.1) is 23.7 Å². The fourth-order valence-electron chi connectivity index (χ4n) is 4.47. The first-order valence-electron chi connectivity index (χ1n) is 12.1. The van der Waals surface area contributed by atoms with Crippen molar-refractivity contribution in [1.29, 1.82) is 0 Å². The summed E-state index contributed by atoms with van der Waals surface area (Å²) in [5, 5.41) is 0. The number of hydrogen-bond acceptors (Lipinski definition) is 1. The molecule has 0 N–H and O–H groups in total. The molecule has 30 heavy (non-hydrogen) atoms. The third-order valence-electron chi connectivity index (χ3n) is 6.37. The normalized spacial score (nSPS) is 18.5. The summed E-state index contributed by atoms with van der Waals surface area (Å²) in [4.78, 5) is 0. The molecule has 1 saturated carbocycles. The third kappa shape index (κ3) is 7.24. The summed E-state index contributed by atoms with van der Waals surface area (Å²) in [6, 6.07) is 17.0. The van der Waals surface area contributed by atoms with Gasteiger partial charge < -0.3 is 4.74 Å². The molecule has 0 saturated heterocycles. The van der Waals surface area contributed by atoms with Crippen molar-refractivity contribution in [2.24, 2.45) is 11.8 Å². The highest BCUT2D eigenvalue weighted by Gasteiger charge is 2.19. The van der Waals surface area contributed by atoms with E-state index in [2.05, 4.69) is 55.2 Å². The fourth-order valence-corrected chi connectivity index (χ4v) is 4.47. The molecule has 0 bridgehead atoms. The Balaban J connectivity index is 1.44. The van der Waals surface area contributed by atoms with E-state index < -0.39 is 0 Å². The summed E-state index contributed by atoms with van der Waals surface area (Å²) >= 11 is 0. The predicted molar refractivity (Wildman–Crippen MR) is 129 cm³/mol. The van der Waals surface area contributed by atoms with Gasteiger partial charge in [0.2, 0.25) is 0 Å². The first-order valence-corrected chi connectivity index (χ1v) is 12.1. The average molecular weight is 403 g/mol. The van der Waals surface area contributed by atoms with Crippen LogP contribution in [0.15, 0.2) is 48.5 Å². The fraction of sp³-hybridized carbons (Fsp3) is 0.517. The van der Waals surface area contributed by atoms with Crippen LogP contribution in [0.25, 0.3) is 11.1 Å². The molecule has 0 atom stereocenters. The molecule has 1 fully saturated rings. The minimum Gasteiger partial charge on any atom is -0.494 e. The molecule has 1 heteroatoms. The second kappa shape index (κ2) is 12.5. The van der Waals surface area contributed by atoms with Gasteiger partial charge in [-0.25, -0.2) is 0 Å². The smallest absolute Gasteiger partial charge is 0.119 e. The average Bonchev–Trinajstić information content (AvgIpc) is 2.79. The van der Waals surface area contributed by atoms with E-state index in [9.17, 15) is 0 Å². The van der Waals surface area contributed by atoms with Crippen LogP contribution in [-0.2, 0) is 0 Å². The topological polar surface area (TPSA) is 9.23 Å². The second-order valence-corrected chi connectivity index (χ2v) is 8.72. The van der Waals surface area contributed by atoms with E-state index >= 15 is 0 Å². The maximum Gasteiger partial charge on any atom is 0.119 e. The van der Waals surface area contributed by atoms with Crippen molar-refractivity contribution < 1.29 is 4.74 Å². The summed E-state index contributed by atoms with van der Waals surface area (Å²) in [5.41, 5.74) is 3.57. The number of benzene rings is 2. The standard InChI is InChI=1S/C29H38O/c1-3-5-6-7-8-9-24-10-12-25(13-11-24)14-15-26-16-18-27(19-17-26)28-20-22-29(23-21-28)30-4-2/h16-25H,3-13H2,1-2H3. The van der Waals surface area contributed by atoms with E-state index in [-0.39, 0.29) is 0 Å². The van der Waals surface area contributed by atoms with Crippen molar-refractivity contribution >= 4 is 0 Å². The SMILES string of the molecule is CCCCCCCC1CCC(C#Cc2ccc(-c3ccc(OCC)cc3)cc2)CC1. The number of hydrogen-bond donors (Lipinski definition) is 0. The minimum absolute atomic E-state index is 0.590. The molecule has 0 spiro atoms. The van der Waals surface area contributed by atoms with E-state index in [4.69, 9.17) is 4.74 Å². The van der Waals surface area contributed by atoms with Crippen LogP contribution in [0.4, 0.5) is 0 Å². The lowest BCUT2D eigenvalue weighted by Gasteiger charge is -2.25. The van der Waals surface area contributed by atoms with Gasteiger partial charge in [0.05, 0.1) is 6.61 Å². The first-order chi connectivity index (χ1) is 14.8. The first kappa shape index (κ1) is 22.5. The molecule has 1 aliphatic carbocycles. The van der Waals surface area contributed by atoms with Crippen molar-refractivity contribution in [3.05, 3.63) is 54.1 Å². The summed E-state index contributed by atoms with van der Waals surface area (Å²) in [6.45, 7) is 5.00. The molecule has 160 valence electrons. The Morgan fingerprint density at radius 3 is 2.03 bits per heavy atom. The molecule has 2 aromatic carbocycles. The summed E-state index contributed by atoms with van der Waals surface area (Å²) in [5.74, 6) is 9.46. The molecule has 0 radical (unpaired) electrons. The quantitative estimate of drug-likeness (QED) is 0.303. The number of unbranched alkanes of at least 4 members (excludes halogenated alkanes) is 4. The Bertz CT molecular complexity index is 783. The Morgan fingerprint density at radius 1 is 0.767 bits per heavy atom. The third-order valence-corrected chi connectivity index (χ3v) is 6.37. The van der Waals surface area contributed by atoms with Crippen LogP contribution in [0.3, 0.4) is 0 Å². The highest BCUT2D eigenvalue weighted by molar-refractivity contribution is 5.65. The zero-order chi connectivity index (χ0) is 21.0. The van der Waals surface area contributed by atoms with Crippen LogP contribution in [0.5, 0.6) is 5.75 Å². The maximum absolute atomic E-state index is 5.53. The minimum atomic E-state index is 0.590. The van der Waals surface area contributed by atoms with E-state index in [1.807, 2.05) is 19.1 Å². The molecule has 3 rings (SSSR count). The van der Waals surface area contributed by atoms with Gasteiger partial charge in [0, 0.05) is 11.5 Å². The Morgan fingerprint density at radius 2 is 1.40 bits per heavy atom. The summed E-state index contributed by atoms with van der Waals surface area (Å²) < 4.78 is 5.53. The maximum atomic E-state index is 5.53. The molecular weight excluding hydrogens is 364 g/mol. The van der Waals surface area contributed by atoms with Crippen molar-refractivity contribution in [1.82, 2.24) is 0 Å². The predicted octanol–water partition coefficient (Wildman–Crippen LogP) is 8.27. The summed E-state index contributed by atoms with van der Waals surface area (Å²) in [7, 11) is 0. The van der Waals surface area contributed by atoms with E-state index in [0.717, 1.165) is 17.2 Å². The molecular formula is C29H38O. The molecule has 0 amide bonds. The molecule has 1 aliphatic rings. The van der Waals surface area contributed by atoms with Gasteiger partial charge in [-0.3, -0.25) is 0 Å². The largest absolute Gasteiger partial charge is 0.494 e. The Kier molecular flexibility index (Phi) is 9.36. The highest BCUT2D eigenvalue weighted by Crippen LogP contribution is 2.32. The van der Waals surface area contributed by atoms with Crippen molar-refractivity contribution in [2.75, 3.05) is 6.61 Å². The zero-order valence-corrected chi connectivity index (χ0v) is 19.0.